The molecule has 2 aromatic heterocycles. The Morgan fingerprint density at radius 2 is 0.486 bits per heavy atom. The molecule has 0 amide bonds. The van der Waals surface area contributed by atoms with Crippen molar-refractivity contribution >= 4 is 64.6 Å². The Balaban J connectivity index is 0.851. The zero-order valence-electron chi connectivity index (χ0n) is 39.0. The Labute approximate surface area is 416 Å². The molecule has 0 fully saturated rings. The van der Waals surface area contributed by atoms with Gasteiger partial charge in [-0.2, -0.15) is 0 Å². The molecule has 14 aromatic rings. The fraction of sp³-hybridized carbons (Fsp3) is 0. The highest BCUT2D eigenvalue weighted by molar-refractivity contribution is 6.15. The SMILES string of the molecule is c1ccc2cc(-c3cc(-c4cc5ccccc5c5ccccc45)nc(-c4ccc(-c5ccc(-c6nc(-c7ccc8ccccc8c7)cc(-c7cc8ccccc8c8ccccc78)n6)cc5)cc4)n3)ccc2c1. The van der Waals surface area contributed by atoms with Gasteiger partial charge in [-0.1, -0.05) is 218 Å². The van der Waals surface area contributed by atoms with E-state index in [0.29, 0.717) is 11.6 Å². The van der Waals surface area contributed by atoms with Gasteiger partial charge in [-0.15, -0.1) is 0 Å². The Morgan fingerprint density at radius 1 is 0.181 bits per heavy atom. The van der Waals surface area contributed by atoms with Gasteiger partial charge in [0, 0.05) is 33.4 Å². The van der Waals surface area contributed by atoms with Gasteiger partial charge in [0.25, 0.3) is 0 Å². The molecular weight excluding hydrogens is 873 g/mol. The van der Waals surface area contributed by atoms with Gasteiger partial charge in [0.15, 0.2) is 11.6 Å². The summed E-state index contributed by atoms with van der Waals surface area (Å²) in [7, 11) is 0. The predicted octanol–water partition coefficient (Wildman–Crippen LogP) is 17.9. The molecular formula is C68H42N4. The van der Waals surface area contributed by atoms with Crippen molar-refractivity contribution in [3.8, 4) is 78.9 Å². The third-order valence-corrected chi connectivity index (χ3v) is 14.3. The molecule has 0 aliphatic heterocycles. The molecule has 12 aromatic carbocycles. The van der Waals surface area contributed by atoms with Crippen LogP contribution in [0.5, 0.6) is 0 Å². The van der Waals surface area contributed by atoms with Crippen molar-refractivity contribution in [2.24, 2.45) is 0 Å². The van der Waals surface area contributed by atoms with Crippen LogP contribution in [-0.4, -0.2) is 19.9 Å². The maximum atomic E-state index is 5.35. The highest BCUT2D eigenvalue weighted by Gasteiger charge is 2.18. The molecule has 0 aliphatic rings. The van der Waals surface area contributed by atoms with E-state index in [9.17, 15) is 0 Å². The van der Waals surface area contributed by atoms with Gasteiger partial charge in [0.2, 0.25) is 0 Å². The summed E-state index contributed by atoms with van der Waals surface area (Å²) in [5.74, 6) is 1.35. The lowest BCUT2D eigenvalue weighted by Gasteiger charge is -2.14. The van der Waals surface area contributed by atoms with Crippen LogP contribution in [0.25, 0.3) is 144 Å². The molecule has 72 heavy (non-hydrogen) atoms. The average molecular weight is 915 g/mol. The first kappa shape index (κ1) is 41.3. The lowest BCUT2D eigenvalue weighted by molar-refractivity contribution is 1.18. The quantitative estimate of drug-likeness (QED) is 0.150. The second-order valence-electron chi connectivity index (χ2n) is 18.6. The van der Waals surface area contributed by atoms with Crippen LogP contribution in [0.1, 0.15) is 0 Å². The summed E-state index contributed by atoms with van der Waals surface area (Å²) in [5.41, 5.74) is 11.8. The summed E-state index contributed by atoms with van der Waals surface area (Å²) in [6.45, 7) is 0. The molecule has 0 bridgehead atoms. The van der Waals surface area contributed by atoms with Gasteiger partial charge in [0.05, 0.1) is 22.8 Å². The maximum absolute atomic E-state index is 5.35. The second-order valence-corrected chi connectivity index (χ2v) is 18.6. The van der Waals surface area contributed by atoms with Gasteiger partial charge >= 0.3 is 0 Å². The van der Waals surface area contributed by atoms with Crippen LogP contribution in [0.4, 0.5) is 0 Å². The van der Waals surface area contributed by atoms with E-state index in [1.54, 1.807) is 0 Å². The fourth-order valence-electron chi connectivity index (χ4n) is 10.6. The van der Waals surface area contributed by atoms with E-state index in [1.165, 1.54) is 53.9 Å². The van der Waals surface area contributed by atoms with E-state index < -0.39 is 0 Å². The van der Waals surface area contributed by atoms with Crippen LogP contribution < -0.4 is 0 Å². The third kappa shape index (κ3) is 7.33. The third-order valence-electron chi connectivity index (χ3n) is 14.3. The van der Waals surface area contributed by atoms with Crippen LogP contribution >= 0.6 is 0 Å². The summed E-state index contributed by atoms with van der Waals surface area (Å²) in [4.78, 5) is 21.2. The lowest BCUT2D eigenvalue weighted by atomic mass is 9.94. The van der Waals surface area contributed by atoms with Crippen molar-refractivity contribution in [3.05, 3.63) is 255 Å². The van der Waals surface area contributed by atoms with Gasteiger partial charge < -0.3 is 0 Å². The van der Waals surface area contributed by atoms with Gasteiger partial charge in [-0.3, -0.25) is 0 Å². The summed E-state index contributed by atoms with van der Waals surface area (Å²) >= 11 is 0. The smallest absolute Gasteiger partial charge is 0.160 e. The molecule has 0 spiro atoms. The Hall–Kier alpha value is -9.64. The van der Waals surface area contributed by atoms with Crippen molar-refractivity contribution < 1.29 is 0 Å². The maximum Gasteiger partial charge on any atom is 0.160 e. The van der Waals surface area contributed by atoms with Crippen molar-refractivity contribution in [1.82, 2.24) is 19.9 Å². The summed E-state index contributed by atoms with van der Waals surface area (Å²) in [5, 5.41) is 14.3. The molecule has 0 atom stereocenters. The fourth-order valence-corrected chi connectivity index (χ4v) is 10.6. The number of nitrogens with zero attached hydrogens (tertiary/aromatic N) is 4. The number of hydrogen-bond acceptors (Lipinski definition) is 4. The van der Waals surface area contributed by atoms with Gasteiger partial charge in [-0.05, 0) is 112 Å². The summed E-state index contributed by atoms with van der Waals surface area (Å²) in [6.07, 6.45) is 0. The molecule has 0 aliphatic carbocycles. The first-order valence-electron chi connectivity index (χ1n) is 24.4. The molecule has 2 heterocycles. The number of fused-ring (bicyclic) bond motifs is 8. The highest BCUT2D eigenvalue weighted by Crippen LogP contribution is 2.39. The van der Waals surface area contributed by atoms with E-state index in [0.717, 1.165) is 78.1 Å². The Kier molecular flexibility index (Phi) is 9.82. The van der Waals surface area contributed by atoms with Crippen LogP contribution in [0, 0.1) is 0 Å². The molecule has 4 heteroatoms. The van der Waals surface area contributed by atoms with E-state index in [4.69, 9.17) is 19.9 Å². The van der Waals surface area contributed by atoms with Gasteiger partial charge in [0.1, 0.15) is 0 Å². The first-order chi connectivity index (χ1) is 35.6. The van der Waals surface area contributed by atoms with Crippen molar-refractivity contribution in [2.45, 2.75) is 0 Å². The van der Waals surface area contributed by atoms with Crippen LogP contribution in [-0.2, 0) is 0 Å². The highest BCUT2D eigenvalue weighted by atomic mass is 14.9. The van der Waals surface area contributed by atoms with E-state index in [2.05, 4.69) is 255 Å². The normalized spacial score (nSPS) is 11.6. The average Bonchev–Trinajstić information content (AvgIpc) is 3.46. The zero-order chi connectivity index (χ0) is 47.5. The minimum Gasteiger partial charge on any atom is -0.228 e. The molecule has 0 unspecified atom stereocenters. The second kappa shape index (κ2) is 17.1. The van der Waals surface area contributed by atoms with Crippen LogP contribution in [0.3, 0.4) is 0 Å². The van der Waals surface area contributed by atoms with Crippen molar-refractivity contribution in [2.75, 3.05) is 0 Å². The lowest BCUT2D eigenvalue weighted by Crippen LogP contribution is -1.97. The number of rotatable bonds is 7. The number of hydrogen-bond donors (Lipinski definition) is 0. The van der Waals surface area contributed by atoms with Crippen LogP contribution in [0.15, 0.2) is 255 Å². The monoisotopic (exact) mass is 914 g/mol. The predicted molar refractivity (Wildman–Crippen MR) is 301 cm³/mol. The molecule has 4 nitrogen and oxygen atoms in total. The molecule has 0 N–H and O–H groups in total. The van der Waals surface area contributed by atoms with Crippen molar-refractivity contribution in [1.29, 1.82) is 0 Å². The molecule has 0 radical (unpaired) electrons. The van der Waals surface area contributed by atoms with Crippen molar-refractivity contribution in [3.63, 3.8) is 0 Å². The van der Waals surface area contributed by atoms with Crippen LogP contribution in [0.2, 0.25) is 0 Å². The van der Waals surface area contributed by atoms with E-state index in [-0.39, 0.29) is 0 Å². The van der Waals surface area contributed by atoms with E-state index in [1.807, 2.05) is 0 Å². The first-order valence-corrected chi connectivity index (χ1v) is 24.4. The van der Waals surface area contributed by atoms with E-state index >= 15 is 0 Å². The molecule has 14 rings (SSSR count). The minimum atomic E-state index is 0.674. The number of aromatic nitrogens is 4. The van der Waals surface area contributed by atoms with Gasteiger partial charge in [-0.25, -0.2) is 19.9 Å². The Bertz CT molecular complexity index is 4160. The Morgan fingerprint density at radius 3 is 0.903 bits per heavy atom. The number of benzene rings is 12. The minimum absolute atomic E-state index is 0.674. The molecule has 0 saturated heterocycles. The summed E-state index contributed by atoms with van der Waals surface area (Å²) < 4.78 is 0. The largest absolute Gasteiger partial charge is 0.228 e. The molecule has 0 saturated carbocycles. The zero-order valence-corrected chi connectivity index (χ0v) is 39.0. The summed E-state index contributed by atoms with van der Waals surface area (Å²) in [6, 6.07) is 90.6. The topological polar surface area (TPSA) is 51.6 Å². The molecule has 334 valence electrons. The standard InChI is InChI=1S/C68H42N4/c1-3-15-49-37-53(35-29-43(49)13-1)63-41-65(61-39-51-17-5-7-19-55(51)57-21-9-11-23-59(57)61)71-67(69-63)47-31-25-45(26-32-47)46-27-33-48(34-28-46)68-70-64(54-36-30-44-14-2-4-16-50(44)38-54)42-66(72-68)62-40-52-18-6-8-20-56(52)58-22-10-12-24-60(58)62/h1-42H.